The Morgan fingerprint density at radius 1 is 1.24 bits per heavy atom. The molecule has 0 aromatic heterocycles. The Bertz CT molecular complexity index is 458. The molecule has 21 heavy (non-hydrogen) atoms. The van der Waals surface area contributed by atoms with Crippen LogP contribution >= 0.6 is 0 Å². The second-order valence-electron chi connectivity index (χ2n) is 5.77. The van der Waals surface area contributed by atoms with E-state index in [2.05, 4.69) is 11.8 Å². The maximum atomic E-state index is 13.9. The van der Waals surface area contributed by atoms with Gasteiger partial charge in [0, 0.05) is 24.7 Å². The fourth-order valence-electron chi connectivity index (χ4n) is 3.15. The zero-order valence-electron chi connectivity index (χ0n) is 13.2. The molecule has 0 atom stereocenters. The average molecular weight is 294 g/mol. The van der Waals surface area contributed by atoms with E-state index in [9.17, 15) is 4.39 Å². The Kier molecular flexibility index (Phi) is 5.71. The minimum Gasteiger partial charge on any atom is -0.490 e. The van der Waals surface area contributed by atoms with E-state index < -0.39 is 0 Å². The van der Waals surface area contributed by atoms with Crippen LogP contribution in [-0.4, -0.2) is 19.2 Å². The molecule has 2 N–H and O–H groups in total. The molecule has 1 aliphatic carbocycles. The SMILES string of the molecule is CCCOc1cc(N(CC)C2CCCCC2)c(N)cc1F. The van der Waals surface area contributed by atoms with Gasteiger partial charge in [-0.25, -0.2) is 4.39 Å². The van der Waals surface area contributed by atoms with Gasteiger partial charge in [0.25, 0.3) is 0 Å². The standard InChI is InChI=1S/C17H27FN2O/c1-3-10-21-17-12-16(15(19)11-14(17)18)20(4-2)13-8-6-5-7-9-13/h11-13H,3-10,19H2,1-2H3. The van der Waals surface area contributed by atoms with E-state index >= 15 is 0 Å². The first-order chi connectivity index (χ1) is 10.2. The molecular weight excluding hydrogens is 267 g/mol. The Balaban J connectivity index is 2.26. The molecule has 1 aliphatic rings. The quantitative estimate of drug-likeness (QED) is 0.792. The van der Waals surface area contributed by atoms with E-state index in [1.165, 1.54) is 38.2 Å². The summed E-state index contributed by atoms with van der Waals surface area (Å²) in [6.45, 7) is 5.55. The van der Waals surface area contributed by atoms with Crippen molar-refractivity contribution in [3.63, 3.8) is 0 Å². The number of nitrogens with zero attached hydrogens (tertiary/aromatic N) is 1. The molecule has 0 amide bonds. The summed E-state index contributed by atoms with van der Waals surface area (Å²) in [6.07, 6.45) is 7.09. The molecule has 0 aliphatic heterocycles. The predicted molar refractivity (Wildman–Crippen MR) is 86.5 cm³/mol. The smallest absolute Gasteiger partial charge is 0.167 e. The molecule has 1 aromatic rings. The first kappa shape index (κ1) is 15.9. The van der Waals surface area contributed by atoms with Crippen molar-refractivity contribution in [2.24, 2.45) is 0 Å². The summed E-state index contributed by atoms with van der Waals surface area (Å²) < 4.78 is 19.4. The lowest BCUT2D eigenvalue weighted by molar-refractivity contribution is 0.301. The maximum absolute atomic E-state index is 13.9. The molecule has 1 saturated carbocycles. The van der Waals surface area contributed by atoms with Gasteiger partial charge in [-0.15, -0.1) is 0 Å². The van der Waals surface area contributed by atoms with Crippen LogP contribution in [0.15, 0.2) is 12.1 Å². The summed E-state index contributed by atoms with van der Waals surface area (Å²) in [4.78, 5) is 2.31. The second-order valence-corrected chi connectivity index (χ2v) is 5.77. The van der Waals surface area contributed by atoms with Gasteiger partial charge in [0.05, 0.1) is 18.0 Å². The van der Waals surface area contributed by atoms with E-state index in [1.807, 2.05) is 6.92 Å². The molecule has 1 fully saturated rings. The molecule has 4 heteroatoms. The third-order valence-corrected chi connectivity index (χ3v) is 4.21. The van der Waals surface area contributed by atoms with Crippen LogP contribution in [0.3, 0.4) is 0 Å². The monoisotopic (exact) mass is 294 g/mol. The molecule has 118 valence electrons. The summed E-state index contributed by atoms with van der Waals surface area (Å²) >= 11 is 0. The lowest BCUT2D eigenvalue weighted by Crippen LogP contribution is -2.37. The van der Waals surface area contributed by atoms with Gasteiger partial charge in [0.15, 0.2) is 11.6 Å². The van der Waals surface area contributed by atoms with Crippen molar-refractivity contribution >= 4 is 11.4 Å². The van der Waals surface area contributed by atoms with Crippen molar-refractivity contribution in [1.82, 2.24) is 0 Å². The van der Waals surface area contributed by atoms with Crippen LogP contribution in [0.4, 0.5) is 15.8 Å². The molecule has 0 unspecified atom stereocenters. The largest absolute Gasteiger partial charge is 0.490 e. The van der Waals surface area contributed by atoms with Crippen LogP contribution in [0.5, 0.6) is 5.75 Å². The first-order valence-corrected chi connectivity index (χ1v) is 8.15. The van der Waals surface area contributed by atoms with E-state index in [4.69, 9.17) is 10.5 Å². The topological polar surface area (TPSA) is 38.5 Å². The van der Waals surface area contributed by atoms with Crippen molar-refractivity contribution in [2.75, 3.05) is 23.8 Å². The number of ether oxygens (including phenoxy) is 1. The number of anilines is 2. The summed E-state index contributed by atoms with van der Waals surface area (Å²) in [5.74, 6) is -0.0558. The van der Waals surface area contributed by atoms with Gasteiger partial charge in [-0.05, 0) is 26.2 Å². The molecule has 0 bridgehead atoms. The van der Waals surface area contributed by atoms with E-state index in [-0.39, 0.29) is 5.82 Å². The van der Waals surface area contributed by atoms with Crippen LogP contribution in [0.25, 0.3) is 0 Å². The van der Waals surface area contributed by atoms with Crippen LogP contribution in [-0.2, 0) is 0 Å². The number of nitrogens with two attached hydrogens (primary N) is 1. The third kappa shape index (κ3) is 3.80. The minimum atomic E-state index is -0.371. The molecule has 1 aromatic carbocycles. The summed E-state index contributed by atoms with van der Waals surface area (Å²) in [6, 6.07) is 3.68. The van der Waals surface area contributed by atoms with Crippen molar-refractivity contribution in [3.8, 4) is 5.75 Å². The molecule has 0 heterocycles. The maximum Gasteiger partial charge on any atom is 0.167 e. The number of halogens is 1. The van der Waals surface area contributed by atoms with Crippen LogP contribution in [0.1, 0.15) is 52.4 Å². The Morgan fingerprint density at radius 3 is 2.57 bits per heavy atom. The van der Waals surface area contributed by atoms with Crippen LogP contribution in [0, 0.1) is 5.82 Å². The highest BCUT2D eigenvalue weighted by molar-refractivity contribution is 5.70. The van der Waals surface area contributed by atoms with E-state index in [0.717, 1.165) is 18.7 Å². The third-order valence-electron chi connectivity index (χ3n) is 4.21. The Morgan fingerprint density at radius 2 is 1.95 bits per heavy atom. The van der Waals surface area contributed by atoms with Gasteiger partial charge in [-0.3, -0.25) is 0 Å². The lowest BCUT2D eigenvalue weighted by atomic mass is 9.93. The molecule has 0 saturated heterocycles. The summed E-state index contributed by atoms with van der Waals surface area (Å²) in [5, 5.41) is 0. The summed E-state index contributed by atoms with van der Waals surface area (Å²) in [5.41, 5.74) is 7.48. The molecular formula is C17H27FN2O. The zero-order chi connectivity index (χ0) is 15.2. The highest BCUT2D eigenvalue weighted by Gasteiger charge is 2.23. The number of benzene rings is 1. The van der Waals surface area contributed by atoms with E-state index in [0.29, 0.717) is 24.1 Å². The molecule has 0 spiro atoms. The lowest BCUT2D eigenvalue weighted by Gasteiger charge is -2.36. The zero-order valence-corrected chi connectivity index (χ0v) is 13.2. The summed E-state index contributed by atoms with van der Waals surface area (Å²) in [7, 11) is 0. The van der Waals surface area contributed by atoms with Gasteiger partial charge >= 0.3 is 0 Å². The minimum absolute atomic E-state index is 0.315. The molecule has 3 nitrogen and oxygen atoms in total. The Hall–Kier alpha value is -1.45. The van der Waals surface area contributed by atoms with Crippen molar-refractivity contribution in [3.05, 3.63) is 17.9 Å². The van der Waals surface area contributed by atoms with Crippen molar-refractivity contribution < 1.29 is 9.13 Å². The highest BCUT2D eigenvalue weighted by Crippen LogP contribution is 2.35. The fraction of sp³-hybridized carbons (Fsp3) is 0.647. The molecule has 0 radical (unpaired) electrons. The van der Waals surface area contributed by atoms with Gasteiger partial charge < -0.3 is 15.4 Å². The average Bonchev–Trinajstić information content (AvgIpc) is 2.50. The fourth-order valence-corrected chi connectivity index (χ4v) is 3.15. The Labute approximate surface area is 127 Å². The van der Waals surface area contributed by atoms with Gasteiger partial charge in [0.2, 0.25) is 0 Å². The number of hydrogen-bond acceptors (Lipinski definition) is 3. The molecule has 2 rings (SSSR count). The second kappa shape index (κ2) is 7.53. The number of rotatable bonds is 6. The predicted octanol–water partition coefficient (Wildman–Crippen LogP) is 4.36. The normalized spacial score (nSPS) is 16.0. The highest BCUT2D eigenvalue weighted by atomic mass is 19.1. The van der Waals surface area contributed by atoms with Crippen LogP contribution < -0.4 is 15.4 Å². The van der Waals surface area contributed by atoms with Crippen molar-refractivity contribution in [2.45, 2.75) is 58.4 Å². The van der Waals surface area contributed by atoms with E-state index in [1.54, 1.807) is 6.07 Å². The van der Waals surface area contributed by atoms with Crippen molar-refractivity contribution in [1.29, 1.82) is 0 Å². The number of hydrogen-bond donors (Lipinski definition) is 1. The first-order valence-electron chi connectivity index (χ1n) is 8.15. The number of nitrogen functional groups attached to an aromatic ring is 1. The van der Waals surface area contributed by atoms with Gasteiger partial charge in [0.1, 0.15) is 0 Å². The van der Waals surface area contributed by atoms with Crippen LogP contribution in [0.2, 0.25) is 0 Å². The van der Waals surface area contributed by atoms with Gasteiger partial charge in [-0.2, -0.15) is 0 Å². The van der Waals surface area contributed by atoms with Gasteiger partial charge in [-0.1, -0.05) is 26.2 Å².